The quantitative estimate of drug-likeness (QED) is 0.248. The minimum atomic E-state index is -0.723. The Balaban J connectivity index is 1.40. The molecular formula is C28H29N5O5S. The number of anilines is 1. The van der Waals surface area contributed by atoms with Gasteiger partial charge in [-0.15, -0.1) is 11.8 Å². The van der Waals surface area contributed by atoms with E-state index in [1.54, 1.807) is 28.9 Å². The summed E-state index contributed by atoms with van der Waals surface area (Å²) in [4.78, 5) is 34.2. The van der Waals surface area contributed by atoms with Crippen molar-refractivity contribution >= 4 is 40.6 Å². The fraction of sp³-hybridized carbons (Fsp3) is 0.321. The van der Waals surface area contributed by atoms with E-state index in [1.165, 1.54) is 18.1 Å². The first kappa shape index (κ1) is 26.6. The number of hydrogen-bond donors (Lipinski definition) is 1. The Bertz CT molecular complexity index is 1490. The van der Waals surface area contributed by atoms with Gasteiger partial charge in [0, 0.05) is 6.42 Å². The number of aromatic nitrogens is 4. The van der Waals surface area contributed by atoms with Gasteiger partial charge in [0.15, 0.2) is 11.9 Å². The predicted octanol–water partition coefficient (Wildman–Crippen LogP) is 4.51. The second-order valence-electron chi connectivity index (χ2n) is 9.28. The summed E-state index contributed by atoms with van der Waals surface area (Å²) in [6, 6.07) is 14.2. The molecule has 0 spiro atoms. The number of esters is 2. The lowest BCUT2D eigenvalue weighted by molar-refractivity contribution is -0.0592. The van der Waals surface area contributed by atoms with Crippen LogP contribution >= 0.6 is 11.8 Å². The highest BCUT2D eigenvalue weighted by Gasteiger charge is 2.41. The summed E-state index contributed by atoms with van der Waals surface area (Å²) in [5.74, 6) is 0.127. The predicted molar refractivity (Wildman–Crippen MR) is 147 cm³/mol. The number of hydrogen-bond acceptors (Lipinski definition) is 10. The molecule has 1 aliphatic heterocycles. The molecule has 0 saturated carbocycles. The summed E-state index contributed by atoms with van der Waals surface area (Å²) in [5, 5.41) is 6.05. The summed E-state index contributed by atoms with van der Waals surface area (Å²) in [6.45, 7) is 5.79. The molecule has 2 aromatic carbocycles. The summed E-state index contributed by atoms with van der Waals surface area (Å²) < 4.78 is 19.4. The average molecular weight is 548 g/mol. The first-order chi connectivity index (χ1) is 18.8. The molecule has 10 nitrogen and oxygen atoms in total. The first-order valence-corrected chi connectivity index (χ1v) is 13.6. The van der Waals surface area contributed by atoms with Gasteiger partial charge in [0.25, 0.3) is 0 Å². The van der Waals surface area contributed by atoms with Gasteiger partial charge in [-0.25, -0.2) is 24.2 Å². The number of aryl methyl sites for hydroxylation is 2. The third kappa shape index (κ3) is 5.74. The summed E-state index contributed by atoms with van der Waals surface area (Å²) in [6.07, 6.45) is -0.399. The molecule has 0 unspecified atom stereocenters. The Morgan fingerprint density at radius 2 is 1.67 bits per heavy atom. The molecular weight excluding hydrogens is 518 g/mol. The molecule has 202 valence electrons. The third-order valence-electron chi connectivity index (χ3n) is 6.43. The molecule has 3 heterocycles. The van der Waals surface area contributed by atoms with E-state index in [-0.39, 0.29) is 13.0 Å². The van der Waals surface area contributed by atoms with Crippen LogP contribution in [0.15, 0.2) is 59.9 Å². The molecule has 4 aromatic rings. The Morgan fingerprint density at radius 1 is 1.03 bits per heavy atom. The van der Waals surface area contributed by atoms with Gasteiger partial charge in [-0.05, 0) is 43.9 Å². The zero-order valence-corrected chi connectivity index (χ0v) is 22.7. The lowest BCUT2D eigenvalue weighted by atomic mass is 10.1. The number of nitrogen functional groups attached to an aromatic ring is 1. The first-order valence-electron chi connectivity index (χ1n) is 12.6. The van der Waals surface area contributed by atoms with Crippen LogP contribution < -0.4 is 5.73 Å². The minimum Gasteiger partial charge on any atom is -0.459 e. The van der Waals surface area contributed by atoms with Gasteiger partial charge >= 0.3 is 11.9 Å². The molecule has 3 atom stereocenters. The summed E-state index contributed by atoms with van der Waals surface area (Å²) >= 11 is 1.52. The molecule has 0 radical (unpaired) electrons. The number of rotatable bonds is 8. The molecule has 0 amide bonds. The zero-order valence-electron chi connectivity index (χ0n) is 21.9. The Morgan fingerprint density at radius 3 is 2.31 bits per heavy atom. The van der Waals surface area contributed by atoms with Crippen LogP contribution in [-0.2, 0) is 14.2 Å². The average Bonchev–Trinajstić information content (AvgIpc) is 3.50. The number of carbonyl (C=O) groups is 2. The van der Waals surface area contributed by atoms with Crippen molar-refractivity contribution in [1.29, 1.82) is 0 Å². The third-order valence-corrected chi connectivity index (χ3v) is 7.28. The largest absolute Gasteiger partial charge is 0.459 e. The van der Waals surface area contributed by atoms with E-state index in [1.807, 2.05) is 45.0 Å². The molecule has 1 saturated heterocycles. The maximum atomic E-state index is 13.0. The second kappa shape index (κ2) is 11.4. The van der Waals surface area contributed by atoms with Crippen molar-refractivity contribution in [2.24, 2.45) is 0 Å². The van der Waals surface area contributed by atoms with Crippen LogP contribution in [0.1, 0.15) is 51.4 Å². The van der Waals surface area contributed by atoms with Gasteiger partial charge < -0.3 is 19.9 Å². The molecule has 2 aromatic heterocycles. The van der Waals surface area contributed by atoms with E-state index < -0.39 is 30.4 Å². The van der Waals surface area contributed by atoms with E-state index in [9.17, 15) is 9.59 Å². The molecule has 39 heavy (non-hydrogen) atoms. The van der Waals surface area contributed by atoms with Crippen molar-refractivity contribution in [3.05, 3.63) is 77.1 Å². The number of carbonyl (C=O) groups excluding carboxylic acids is 2. The smallest absolute Gasteiger partial charge is 0.338 e. The number of benzene rings is 2. The van der Waals surface area contributed by atoms with Crippen molar-refractivity contribution < 1.29 is 23.8 Å². The molecule has 2 N–H and O–H groups in total. The lowest BCUT2D eigenvalue weighted by Crippen LogP contribution is -2.32. The topological polar surface area (TPSA) is 131 Å². The van der Waals surface area contributed by atoms with Crippen LogP contribution in [0.25, 0.3) is 11.0 Å². The van der Waals surface area contributed by atoms with E-state index in [4.69, 9.17) is 25.0 Å². The van der Waals surface area contributed by atoms with Crippen LogP contribution in [0.3, 0.4) is 0 Å². The highest BCUT2D eigenvalue weighted by atomic mass is 32.2. The SMILES string of the molecule is CCSc1nn([C@@H]2C[C@H](OC(=O)c3ccc(C)cc3)[C@H](COC(=O)c3ccc(C)cc3)O2)c2ncnc(N)c12. The van der Waals surface area contributed by atoms with E-state index in [0.717, 1.165) is 16.9 Å². The van der Waals surface area contributed by atoms with Gasteiger partial charge in [-0.2, -0.15) is 5.10 Å². The molecule has 1 aliphatic rings. The standard InChI is InChI=1S/C28H29N5O5S/c1-4-39-26-23-24(29)30-15-31-25(23)33(32-26)22-13-20(38-28(35)19-11-7-17(3)8-12-19)21(37-22)14-36-27(34)18-9-5-16(2)6-10-18/h5-12,15,20-22H,4,13-14H2,1-3H3,(H2,29,30,31)/t20-,21-,22-/m0/s1. The molecule has 11 heteroatoms. The fourth-order valence-electron chi connectivity index (χ4n) is 4.35. The van der Waals surface area contributed by atoms with Crippen LogP contribution in [0.5, 0.6) is 0 Å². The van der Waals surface area contributed by atoms with E-state index in [2.05, 4.69) is 9.97 Å². The van der Waals surface area contributed by atoms with Gasteiger partial charge in [0.2, 0.25) is 0 Å². The van der Waals surface area contributed by atoms with Crippen LogP contribution in [-0.4, -0.2) is 56.3 Å². The maximum absolute atomic E-state index is 13.0. The highest BCUT2D eigenvalue weighted by molar-refractivity contribution is 7.99. The minimum absolute atomic E-state index is 0.109. The second-order valence-corrected chi connectivity index (χ2v) is 10.5. The van der Waals surface area contributed by atoms with Gasteiger partial charge in [-0.1, -0.05) is 42.3 Å². The lowest BCUT2D eigenvalue weighted by Gasteiger charge is -2.19. The van der Waals surface area contributed by atoms with Crippen molar-refractivity contribution in [2.45, 2.75) is 50.7 Å². The normalized spacial score (nSPS) is 18.8. The van der Waals surface area contributed by atoms with Gasteiger partial charge in [-0.3, -0.25) is 0 Å². The Hall–Kier alpha value is -3.96. The van der Waals surface area contributed by atoms with Crippen molar-refractivity contribution in [3.63, 3.8) is 0 Å². The van der Waals surface area contributed by atoms with E-state index >= 15 is 0 Å². The van der Waals surface area contributed by atoms with Crippen LogP contribution in [0.2, 0.25) is 0 Å². The molecule has 5 rings (SSSR count). The van der Waals surface area contributed by atoms with Gasteiger partial charge in [0.05, 0.1) is 16.5 Å². The Labute approximate surface area is 229 Å². The monoisotopic (exact) mass is 547 g/mol. The Kier molecular flexibility index (Phi) is 7.80. The van der Waals surface area contributed by atoms with Crippen LogP contribution in [0, 0.1) is 13.8 Å². The highest BCUT2D eigenvalue weighted by Crippen LogP contribution is 2.37. The molecule has 1 fully saturated rings. The van der Waals surface area contributed by atoms with Crippen molar-refractivity contribution in [2.75, 3.05) is 18.1 Å². The number of thioether (sulfide) groups is 1. The summed E-state index contributed by atoms with van der Waals surface area (Å²) in [7, 11) is 0. The van der Waals surface area contributed by atoms with Crippen molar-refractivity contribution in [3.8, 4) is 0 Å². The van der Waals surface area contributed by atoms with E-state index in [0.29, 0.717) is 33.0 Å². The molecule has 0 aliphatic carbocycles. The maximum Gasteiger partial charge on any atom is 0.338 e. The fourth-order valence-corrected chi connectivity index (χ4v) is 5.11. The number of nitrogens with two attached hydrogens (primary N) is 1. The number of ether oxygens (including phenoxy) is 3. The van der Waals surface area contributed by atoms with Gasteiger partial charge in [0.1, 0.15) is 36.0 Å². The molecule has 0 bridgehead atoms. The zero-order chi connectivity index (χ0) is 27.5. The number of fused-ring (bicyclic) bond motifs is 1. The van der Waals surface area contributed by atoms with Crippen molar-refractivity contribution in [1.82, 2.24) is 19.7 Å². The number of nitrogens with zero attached hydrogens (tertiary/aromatic N) is 4. The van der Waals surface area contributed by atoms with Crippen LogP contribution in [0.4, 0.5) is 5.82 Å². The summed E-state index contributed by atoms with van der Waals surface area (Å²) in [5.41, 5.74) is 9.59.